The number of ether oxygens (including phenoxy) is 3. The maximum absolute atomic E-state index is 12.3. The number of benzene rings is 1. The van der Waals surface area contributed by atoms with Gasteiger partial charge in [-0.2, -0.15) is 0 Å². The SMILES string of the molecule is CCOC(=O)C1=C(C)NC(=O)N[C@@H]1c1cccc(OC)c1OC. The van der Waals surface area contributed by atoms with Gasteiger partial charge in [-0.3, -0.25) is 0 Å². The van der Waals surface area contributed by atoms with Gasteiger partial charge in [0.2, 0.25) is 0 Å². The van der Waals surface area contributed by atoms with Crippen LogP contribution in [0.3, 0.4) is 0 Å². The maximum atomic E-state index is 12.3. The van der Waals surface area contributed by atoms with Crippen LogP contribution in [-0.4, -0.2) is 32.8 Å². The molecule has 1 aliphatic heterocycles. The number of para-hydroxylation sites is 1. The summed E-state index contributed by atoms with van der Waals surface area (Å²) in [5.41, 5.74) is 1.39. The van der Waals surface area contributed by atoms with Crippen molar-refractivity contribution in [2.45, 2.75) is 19.9 Å². The first kappa shape index (κ1) is 16.7. The Morgan fingerprint density at radius 1 is 1.26 bits per heavy atom. The van der Waals surface area contributed by atoms with Crippen molar-refractivity contribution in [3.63, 3.8) is 0 Å². The third-order valence-electron chi connectivity index (χ3n) is 3.51. The van der Waals surface area contributed by atoms with E-state index in [0.717, 1.165) is 0 Å². The minimum atomic E-state index is -0.687. The lowest BCUT2D eigenvalue weighted by Gasteiger charge is -2.29. The number of nitrogens with one attached hydrogen (secondary N) is 2. The molecule has 0 saturated carbocycles. The lowest BCUT2D eigenvalue weighted by atomic mass is 9.94. The molecule has 124 valence electrons. The Bertz CT molecular complexity index is 654. The quantitative estimate of drug-likeness (QED) is 0.809. The zero-order chi connectivity index (χ0) is 17.0. The van der Waals surface area contributed by atoms with Gasteiger partial charge in [-0.1, -0.05) is 12.1 Å². The summed E-state index contributed by atoms with van der Waals surface area (Å²) in [7, 11) is 3.03. The fraction of sp³-hybridized carbons (Fsp3) is 0.375. The number of amides is 2. The summed E-state index contributed by atoms with van der Waals surface area (Å²) >= 11 is 0. The Labute approximate surface area is 134 Å². The van der Waals surface area contributed by atoms with E-state index in [0.29, 0.717) is 28.3 Å². The highest BCUT2D eigenvalue weighted by atomic mass is 16.5. The Morgan fingerprint density at radius 3 is 2.61 bits per heavy atom. The van der Waals surface area contributed by atoms with Crippen molar-refractivity contribution in [3.8, 4) is 11.5 Å². The fourth-order valence-electron chi connectivity index (χ4n) is 2.55. The average Bonchev–Trinajstić information content (AvgIpc) is 2.53. The molecule has 7 nitrogen and oxygen atoms in total. The summed E-state index contributed by atoms with van der Waals surface area (Å²) in [4.78, 5) is 24.2. The van der Waals surface area contributed by atoms with Gasteiger partial charge in [0.05, 0.1) is 32.4 Å². The number of allylic oxidation sites excluding steroid dienone is 1. The summed E-state index contributed by atoms with van der Waals surface area (Å²) in [5.74, 6) is 0.475. The maximum Gasteiger partial charge on any atom is 0.338 e. The van der Waals surface area contributed by atoms with Crippen LogP contribution in [0.5, 0.6) is 11.5 Å². The van der Waals surface area contributed by atoms with E-state index in [1.807, 2.05) is 0 Å². The van der Waals surface area contributed by atoms with Crippen LogP contribution >= 0.6 is 0 Å². The zero-order valence-electron chi connectivity index (χ0n) is 13.6. The highest BCUT2D eigenvalue weighted by Gasteiger charge is 2.34. The summed E-state index contributed by atoms with van der Waals surface area (Å²) < 4.78 is 15.8. The van der Waals surface area contributed by atoms with Crippen LogP contribution in [0, 0.1) is 0 Å². The van der Waals surface area contributed by atoms with Crippen molar-refractivity contribution in [1.29, 1.82) is 0 Å². The van der Waals surface area contributed by atoms with E-state index < -0.39 is 18.0 Å². The van der Waals surface area contributed by atoms with Gasteiger partial charge in [-0.25, -0.2) is 9.59 Å². The summed E-state index contributed by atoms with van der Waals surface area (Å²) in [6.07, 6.45) is 0. The van der Waals surface area contributed by atoms with Gasteiger partial charge in [0.15, 0.2) is 11.5 Å². The van der Waals surface area contributed by atoms with Gasteiger partial charge in [0.25, 0.3) is 0 Å². The summed E-state index contributed by atoms with van der Waals surface area (Å²) in [6, 6.07) is 4.19. The molecule has 0 aliphatic carbocycles. The van der Waals surface area contributed by atoms with Crippen molar-refractivity contribution in [2.24, 2.45) is 0 Å². The van der Waals surface area contributed by atoms with Gasteiger partial charge in [0.1, 0.15) is 0 Å². The highest BCUT2D eigenvalue weighted by molar-refractivity contribution is 5.95. The molecule has 1 heterocycles. The third kappa shape index (κ3) is 3.23. The largest absolute Gasteiger partial charge is 0.493 e. The lowest BCUT2D eigenvalue weighted by molar-refractivity contribution is -0.139. The third-order valence-corrected chi connectivity index (χ3v) is 3.51. The summed E-state index contributed by atoms with van der Waals surface area (Å²) in [6.45, 7) is 3.62. The molecule has 2 N–H and O–H groups in total. The second kappa shape index (κ2) is 7.04. The van der Waals surface area contributed by atoms with Gasteiger partial charge >= 0.3 is 12.0 Å². The molecule has 0 fully saturated rings. The molecule has 0 radical (unpaired) electrons. The fourth-order valence-corrected chi connectivity index (χ4v) is 2.55. The molecule has 1 aromatic carbocycles. The van der Waals surface area contributed by atoms with Crippen molar-refractivity contribution >= 4 is 12.0 Å². The van der Waals surface area contributed by atoms with Crippen LogP contribution in [0.2, 0.25) is 0 Å². The molecule has 2 rings (SSSR count). The highest BCUT2D eigenvalue weighted by Crippen LogP contribution is 2.38. The number of hydrogen-bond donors (Lipinski definition) is 2. The summed E-state index contributed by atoms with van der Waals surface area (Å²) in [5, 5.41) is 5.33. The van der Waals surface area contributed by atoms with Crippen molar-refractivity contribution < 1.29 is 23.8 Å². The van der Waals surface area contributed by atoms with Crippen LogP contribution in [0.15, 0.2) is 29.5 Å². The first-order valence-electron chi connectivity index (χ1n) is 7.19. The normalized spacial score (nSPS) is 17.2. The Morgan fingerprint density at radius 2 is 2.00 bits per heavy atom. The average molecular weight is 320 g/mol. The standard InChI is InChI=1S/C16H20N2O5/c1-5-23-15(19)12-9(2)17-16(20)18-13(12)10-7-6-8-11(21-3)14(10)22-4/h6-8,13H,5H2,1-4H3,(H2,17,18,20)/t13-/m1/s1. The molecule has 7 heteroatoms. The van der Waals surface area contributed by atoms with Crippen molar-refractivity contribution in [1.82, 2.24) is 10.6 Å². The number of hydrogen-bond acceptors (Lipinski definition) is 5. The molecule has 23 heavy (non-hydrogen) atoms. The van der Waals surface area contributed by atoms with E-state index in [9.17, 15) is 9.59 Å². The molecule has 1 aromatic rings. The van der Waals surface area contributed by atoms with E-state index in [4.69, 9.17) is 14.2 Å². The first-order valence-corrected chi connectivity index (χ1v) is 7.19. The Kier molecular flexibility index (Phi) is 5.10. The molecule has 1 atom stereocenters. The van der Waals surface area contributed by atoms with Gasteiger partial charge < -0.3 is 24.8 Å². The van der Waals surface area contributed by atoms with Gasteiger partial charge in [-0.05, 0) is 19.9 Å². The van der Waals surface area contributed by atoms with Crippen molar-refractivity contribution in [2.75, 3.05) is 20.8 Å². The number of esters is 1. The number of methoxy groups -OCH3 is 2. The van der Waals surface area contributed by atoms with E-state index >= 15 is 0 Å². The van der Waals surface area contributed by atoms with Crippen LogP contribution in [0.4, 0.5) is 4.79 Å². The predicted molar refractivity (Wildman–Crippen MR) is 83.3 cm³/mol. The molecular formula is C16H20N2O5. The molecule has 0 aromatic heterocycles. The zero-order valence-corrected chi connectivity index (χ0v) is 13.6. The smallest absolute Gasteiger partial charge is 0.338 e. The van der Waals surface area contributed by atoms with Gasteiger partial charge in [0, 0.05) is 11.3 Å². The van der Waals surface area contributed by atoms with Crippen LogP contribution in [0.1, 0.15) is 25.5 Å². The van der Waals surface area contributed by atoms with Crippen molar-refractivity contribution in [3.05, 3.63) is 35.0 Å². The molecule has 1 aliphatic rings. The molecule has 0 bridgehead atoms. The van der Waals surface area contributed by atoms with E-state index in [2.05, 4.69) is 10.6 Å². The van der Waals surface area contributed by atoms with E-state index in [1.165, 1.54) is 14.2 Å². The minimum absolute atomic E-state index is 0.242. The molecule has 0 unspecified atom stereocenters. The van der Waals surface area contributed by atoms with Gasteiger partial charge in [-0.15, -0.1) is 0 Å². The lowest BCUT2D eigenvalue weighted by Crippen LogP contribution is -2.45. The number of carbonyl (C=O) groups excluding carboxylic acids is 2. The van der Waals surface area contributed by atoms with E-state index in [-0.39, 0.29) is 6.61 Å². The molecular weight excluding hydrogens is 300 g/mol. The van der Waals surface area contributed by atoms with Crippen LogP contribution < -0.4 is 20.1 Å². The number of rotatable bonds is 5. The number of urea groups is 1. The number of carbonyl (C=O) groups is 2. The minimum Gasteiger partial charge on any atom is -0.493 e. The molecule has 0 saturated heterocycles. The van der Waals surface area contributed by atoms with Crippen LogP contribution in [-0.2, 0) is 9.53 Å². The Balaban J connectivity index is 2.57. The molecule has 0 spiro atoms. The van der Waals surface area contributed by atoms with Crippen LogP contribution in [0.25, 0.3) is 0 Å². The predicted octanol–water partition coefficient (Wildman–Crippen LogP) is 1.89. The first-order chi connectivity index (χ1) is 11.0. The second-order valence-corrected chi connectivity index (χ2v) is 4.87. The monoisotopic (exact) mass is 320 g/mol. The molecule has 2 amide bonds. The Hall–Kier alpha value is -2.70. The topological polar surface area (TPSA) is 85.9 Å². The van der Waals surface area contributed by atoms with E-state index in [1.54, 1.807) is 32.0 Å². The second-order valence-electron chi connectivity index (χ2n) is 4.87.